The lowest BCUT2D eigenvalue weighted by Gasteiger charge is -2.30. The van der Waals surface area contributed by atoms with Gasteiger partial charge in [0.15, 0.2) is 5.78 Å². The number of hydrogen-bond acceptors (Lipinski definition) is 5. The number of amides is 3. The van der Waals surface area contributed by atoms with Crippen LogP contribution in [0.2, 0.25) is 0 Å². The van der Waals surface area contributed by atoms with Gasteiger partial charge < -0.3 is 20.0 Å². The van der Waals surface area contributed by atoms with Crippen molar-refractivity contribution < 1.29 is 19.2 Å². The molecule has 8 nitrogen and oxygen atoms in total. The van der Waals surface area contributed by atoms with E-state index in [1.165, 1.54) is 0 Å². The van der Waals surface area contributed by atoms with Gasteiger partial charge >= 0.3 is 0 Å². The van der Waals surface area contributed by atoms with Crippen molar-refractivity contribution in [1.82, 2.24) is 15.1 Å². The van der Waals surface area contributed by atoms with Crippen molar-refractivity contribution in [2.75, 3.05) is 32.1 Å². The Bertz CT molecular complexity index is 1030. The fourth-order valence-corrected chi connectivity index (χ4v) is 5.66. The second kappa shape index (κ2) is 10.8. The number of carbonyl (C=O) groups excluding carboxylic acids is 4. The van der Waals surface area contributed by atoms with E-state index in [-0.39, 0.29) is 47.9 Å². The minimum atomic E-state index is -0.731. The number of likely N-dealkylation sites (tertiary alicyclic amines) is 2. The second-order valence-corrected chi connectivity index (χ2v) is 10.8. The largest absolute Gasteiger partial charge is 0.378 e. The Labute approximate surface area is 213 Å². The number of benzene rings is 1. The van der Waals surface area contributed by atoms with Gasteiger partial charge in [0.2, 0.25) is 11.8 Å². The summed E-state index contributed by atoms with van der Waals surface area (Å²) in [6.07, 6.45) is 7.59. The molecule has 2 fully saturated rings. The summed E-state index contributed by atoms with van der Waals surface area (Å²) in [6, 6.07) is 5.61. The number of carbonyl (C=O) groups is 4. The molecule has 0 bridgehead atoms. The number of anilines is 1. The molecular weight excluding hydrogens is 456 g/mol. The molecule has 2 unspecified atom stereocenters. The van der Waals surface area contributed by atoms with E-state index in [4.69, 9.17) is 0 Å². The predicted molar refractivity (Wildman–Crippen MR) is 139 cm³/mol. The third-order valence-electron chi connectivity index (χ3n) is 7.56. The van der Waals surface area contributed by atoms with Crippen LogP contribution >= 0.6 is 0 Å². The quantitative estimate of drug-likeness (QED) is 0.589. The maximum Gasteiger partial charge on any atom is 0.251 e. The molecule has 2 saturated heterocycles. The van der Waals surface area contributed by atoms with Crippen LogP contribution in [0, 0.1) is 11.8 Å². The lowest BCUT2D eigenvalue weighted by molar-refractivity contribution is -0.138. The molecule has 4 rings (SSSR count). The first-order valence-corrected chi connectivity index (χ1v) is 13.0. The molecule has 8 heteroatoms. The van der Waals surface area contributed by atoms with Crippen molar-refractivity contribution >= 4 is 29.2 Å². The highest BCUT2D eigenvalue weighted by atomic mass is 16.2. The van der Waals surface area contributed by atoms with Crippen molar-refractivity contribution in [2.24, 2.45) is 11.8 Å². The smallest absolute Gasteiger partial charge is 0.251 e. The average molecular weight is 495 g/mol. The van der Waals surface area contributed by atoms with Gasteiger partial charge in [-0.3, -0.25) is 19.2 Å². The first kappa shape index (κ1) is 25.9. The zero-order valence-electron chi connectivity index (χ0n) is 21.8. The molecule has 1 aromatic carbocycles. The summed E-state index contributed by atoms with van der Waals surface area (Å²) in [5.41, 5.74) is 1.46. The normalized spacial score (nSPS) is 24.1. The van der Waals surface area contributed by atoms with Crippen molar-refractivity contribution in [3.63, 3.8) is 0 Å². The van der Waals surface area contributed by atoms with E-state index in [9.17, 15) is 19.2 Å². The molecule has 0 saturated carbocycles. The van der Waals surface area contributed by atoms with E-state index >= 15 is 0 Å². The first-order chi connectivity index (χ1) is 17.2. The second-order valence-electron chi connectivity index (χ2n) is 10.8. The predicted octanol–water partition coefficient (Wildman–Crippen LogP) is 2.63. The molecule has 194 valence electrons. The maximum absolute atomic E-state index is 13.7. The molecule has 2 heterocycles. The number of ketones is 1. The van der Waals surface area contributed by atoms with Crippen LogP contribution in [0.4, 0.5) is 5.69 Å². The molecule has 3 aliphatic rings. The molecule has 1 N–H and O–H groups in total. The third-order valence-corrected chi connectivity index (χ3v) is 7.56. The number of nitrogens with zero attached hydrogens (tertiary/aromatic N) is 3. The first-order valence-electron chi connectivity index (χ1n) is 13.0. The number of Topliss-reactive ketones (excluding diaryl/α,β-unsaturated/α-hetero) is 1. The van der Waals surface area contributed by atoms with Gasteiger partial charge in [-0.1, -0.05) is 26.0 Å². The number of nitrogens with one attached hydrogen (secondary N) is 1. The van der Waals surface area contributed by atoms with Crippen LogP contribution in [-0.2, 0) is 14.4 Å². The van der Waals surface area contributed by atoms with Crippen LogP contribution in [0.25, 0.3) is 0 Å². The molecule has 0 aromatic heterocycles. The highest BCUT2D eigenvalue weighted by Crippen LogP contribution is 2.33. The fraction of sp³-hybridized carbons (Fsp3) is 0.571. The van der Waals surface area contributed by atoms with Crippen LogP contribution in [0.15, 0.2) is 36.4 Å². The standard InChI is InChI=1S/C28H38N4O4/c1-18(2)16-22(29-26(34)19-10-12-21(13-11-19)30(3)4)28(36)31-15-14-23-25(31)24(33)17-32(23)27(35)20-8-6-5-7-9-20/h5-6,10-13,18,20,22-23,25H,7-9,14-17H2,1-4H3,(H,29,34)/t20?,22?,23-,25+/m1/s1. The minimum absolute atomic E-state index is 0.0303. The Balaban J connectivity index is 1.47. The van der Waals surface area contributed by atoms with E-state index < -0.39 is 12.1 Å². The molecule has 3 amide bonds. The number of allylic oxidation sites excluding steroid dienone is 2. The van der Waals surface area contributed by atoms with Crippen LogP contribution in [0.5, 0.6) is 0 Å². The average Bonchev–Trinajstić information content (AvgIpc) is 3.44. The summed E-state index contributed by atoms with van der Waals surface area (Å²) in [5.74, 6) is -0.515. The Kier molecular flexibility index (Phi) is 7.81. The van der Waals surface area contributed by atoms with Gasteiger partial charge in [-0.2, -0.15) is 0 Å². The monoisotopic (exact) mass is 494 g/mol. The maximum atomic E-state index is 13.7. The molecular formula is C28H38N4O4. The Morgan fingerprint density at radius 3 is 2.39 bits per heavy atom. The molecule has 0 spiro atoms. The molecule has 0 radical (unpaired) electrons. The van der Waals surface area contributed by atoms with Gasteiger partial charge in [-0.05, 0) is 62.3 Å². The topological polar surface area (TPSA) is 90.0 Å². The summed E-state index contributed by atoms with van der Waals surface area (Å²) >= 11 is 0. The van der Waals surface area contributed by atoms with Gasteiger partial charge in [0.1, 0.15) is 12.1 Å². The number of hydrogen-bond donors (Lipinski definition) is 1. The zero-order chi connectivity index (χ0) is 26.0. The summed E-state index contributed by atoms with van der Waals surface area (Å²) in [7, 11) is 3.86. The molecule has 4 atom stereocenters. The molecule has 1 aromatic rings. The van der Waals surface area contributed by atoms with Crippen LogP contribution in [-0.4, -0.2) is 78.6 Å². The van der Waals surface area contributed by atoms with E-state index in [1.54, 1.807) is 21.9 Å². The highest BCUT2D eigenvalue weighted by Gasteiger charge is 2.52. The lowest BCUT2D eigenvalue weighted by atomic mass is 9.93. The van der Waals surface area contributed by atoms with Crippen molar-refractivity contribution in [3.05, 3.63) is 42.0 Å². The minimum Gasteiger partial charge on any atom is -0.378 e. The van der Waals surface area contributed by atoms with Crippen LogP contribution in [0.1, 0.15) is 56.3 Å². The van der Waals surface area contributed by atoms with E-state index in [0.29, 0.717) is 31.4 Å². The Morgan fingerprint density at radius 2 is 1.78 bits per heavy atom. The Morgan fingerprint density at radius 1 is 1.06 bits per heavy atom. The molecule has 36 heavy (non-hydrogen) atoms. The van der Waals surface area contributed by atoms with Crippen LogP contribution in [0.3, 0.4) is 0 Å². The fourth-order valence-electron chi connectivity index (χ4n) is 5.66. The van der Waals surface area contributed by atoms with E-state index in [0.717, 1.165) is 18.5 Å². The van der Waals surface area contributed by atoms with Crippen LogP contribution < -0.4 is 10.2 Å². The van der Waals surface area contributed by atoms with Crippen molar-refractivity contribution in [2.45, 2.75) is 64.1 Å². The van der Waals surface area contributed by atoms with Gasteiger partial charge in [-0.15, -0.1) is 0 Å². The highest BCUT2D eigenvalue weighted by molar-refractivity contribution is 6.01. The third kappa shape index (κ3) is 5.32. The SMILES string of the molecule is CC(C)CC(NC(=O)c1ccc(N(C)C)cc1)C(=O)N1CC[C@@H]2[C@H]1C(=O)CN2C(=O)C1CC=CCC1. The van der Waals surface area contributed by atoms with Gasteiger partial charge in [0.25, 0.3) is 5.91 Å². The lowest BCUT2D eigenvalue weighted by Crippen LogP contribution is -2.53. The van der Waals surface area contributed by atoms with Crippen molar-refractivity contribution in [3.8, 4) is 0 Å². The molecule has 2 aliphatic heterocycles. The summed E-state index contributed by atoms with van der Waals surface area (Å²) in [4.78, 5) is 58.2. The van der Waals surface area contributed by atoms with E-state index in [1.807, 2.05) is 51.1 Å². The van der Waals surface area contributed by atoms with Crippen molar-refractivity contribution in [1.29, 1.82) is 0 Å². The van der Waals surface area contributed by atoms with Gasteiger partial charge in [0.05, 0.1) is 12.6 Å². The summed E-state index contributed by atoms with van der Waals surface area (Å²) < 4.78 is 0. The number of rotatable bonds is 7. The van der Waals surface area contributed by atoms with Gasteiger partial charge in [0, 0.05) is 37.8 Å². The summed E-state index contributed by atoms with van der Waals surface area (Å²) in [5, 5.41) is 2.93. The summed E-state index contributed by atoms with van der Waals surface area (Å²) in [6.45, 7) is 4.49. The molecule has 1 aliphatic carbocycles. The number of fused-ring (bicyclic) bond motifs is 1. The Hall–Kier alpha value is -3.16. The van der Waals surface area contributed by atoms with Gasteiger partial charge in [-0.25, -0.2) is 0 Å². The zero-order valence-corrected chi connectivity index (χ0v) is 21.8. The van der Waals surface area contributed by atoms with E-state index in [2.05, 4.69) is 11.4 Å².